The van der Waals surface area contributed by atoms with Crippen molar-refractivity contribution >= 4 is 34.8 Å². The largest absolute Gasteiger partial charge is 0.484 e. The lowest BCUT2D eigenvalue weighted by molar-refractivity contribution is -0.118. The number of amides is 1. The summed E-state index contributed by atoms with van der Waals surface area (Å²) < 4.78 is 5.38. The zero-order chi connectivity index (χ0) is 15.4. The summed E-state index contributed by atoms with van der Waals surface area (Å²) in [6.07, 6.45) is 0. The fourth-order valence-corrected chi connectivity index (χ4v) is 2.42. The van der Waals surface area contributed by atoms with E-state index in [0.717, 1.165) is 11.1 Å². The van der Waals surface area contributed by atoms with Crippen LogP contribution >= 0.6 is 23.2 Å². The Labute approximate surface area is 133 Å². The second kappa shape index (κ2) is 6.83. The van der Waals surface area contributed by atoms with Crippen molar-refractivity contribution in [2.24, 2.45) is 0 Å². The average Bonchev–Trinajstić information content (AvgIpc) is 2.42. The van der Waals surface area contributed by atoms with E-state index in [9.17, 15) is 4.79 Å². The third kappa shape index (κ3) is 4.38. The zero-order valence-electron chi connectivity index (χ0n) is 11.7. The summed E-state index contributed by atoms with van der Waals surface area (Å²) in [4.78, 5) is 11.9. The van der Waals surface area contributed by atoms with E-state index in [-0.39, 0.29) is 12.5 Å². The molecule has 0 aliphatic rings. The van der Waals surface area contributed by atoms with Crippen molar-refractivity contribution in [3.63, 3.8) is 0 Å². The standard InChI is InChI=1S/C16H15Cl2NO2/c1-10-7-11(2)16(14(18)8-10)19-15(20)9-21-13-5-3-12(17)4-6-13/h3-8H,9H2,1-2H3,(H,19,20). The molecular weight excluding hydrogens is 309 g/mol. The van der Waals surface area contributed by atoms with Gasteiger partial charge in [-0.15, -0.1) is 0 Å². The van der Waals surface area contributed by atoms with Gasteiger partial charge in [0.2, 0.25) is 0 Å². The molecule has 1 N–H and O–H groups in total. The molecule has 5 heteroatoms. The molecule has 1 amide bonds. The smallest absolute Gasteiger partial charge is 0.262 e. The van der Waals surface area contributed by atoms with Crippen molar-refractivity contribution in [3.8, 4) is 5.75 Å². The molecular formula is C16H15Cl2NO2. The number of benzene rings is 2. The predicted octanol–water partition coefficient (Wildman–Crippen LogP) is 4.63. The Kier molecular flexibility index (Phi) is 5.10. The molecule has 0 radical (unpaired) electrons. The first kappa shape index (κ1) is 15.7. The monoisotopic (exact) mass is 323 g/mol. The van der Waals surface area contributed by atoms with E-state index in [0.29, 0.717) is 21.5 Å². The molecule has 0 unspecified atom stereocenters. The minimum absolute atomic E-state index is 0.0920. The average molecular weight is 324 g/mol. The number of halogens is 2. The minimum Gasteiger partial charge on any atom is -0.484 e. The Morgan fingerprint density at radius 2 is 1.81 bits per heavy atom. The van der Waals surface area contributed by atoms with Gasteiger partial charge in [0, 0.05) is 5.02 Å². The van der Waals surface area contributed by atoms with Gasteiger partial charge in [0.05, 0.1) is 10.7 Å². The van der Waals surface area contributed by atoms with E-state index in [2.05, 4.69) is 5.32 Å². The lowest BCUT2D eigenvalue weighted by Gasteiger charge is -2.12. The van der Waals surface area contributed by atoms with Crippen LogP contribution in [0.1, 0.15) is 11.1 Å². The molecule has 21 heavy (non-hydrogen) atoms. The maximum absolute atomic E-state index is 11.9. The summed E-state index contributed by atoms with van der Waals surface area (Å²) >= 11 is 11.9. The Morgan fingerprint density at radius 3 is 2.43 bits per heavy atom. The number of ether oxygens (including phenoxy) is 1. The van der Waals surface area contributed by atoms with Crippen molar-refractivity contribution in [2.75, 3.05) is 11.9 Å². The summed E-state index contributed by atoms with van der Waals surface area (Å²) in [6, 6.07) is 10.6. The molecule has 0 saturated heterocycles. The van der Waals surface area contributed by atoms with Crippen LogP contribution in [0.5, 0.6) is 5.75 Å². The molecule has 0 aromatic heterocycles. The number of anilines is 1. The highest BCUT2D eigenvalue weighted by Crippen LogP contribution is 2.27. The highest BCUT2D eigenvalue weighted by Gasteiger charge is 2.10. The van der Waals surface area contributed by atoms with Crippen molar-refractivity contribution in [1.82, 2.24) is 0 Å². The number of carbonyl (C=O) groups excluding carboxylic acids is 1. The van der Waals surface area contributed by atoms with Crippen LogP contribution in [-0.2, 0) is 4.79 Å². The fraction of sp³-hybridized carbons (Fsp3) is 0.188. The number of hydrogen-bond acceptors (Lipinski definition) is 2. The molecule has 0 spiro atoms. The molecule has 0 aliphatic carbocycles. The van der Waals surface area contributed by atoms with E-state index in [4.69, 9.17) is 27.9 Å². The number of nitrogens with one attached hydrogen (secondary N) is 1. The van der Waals surface area contributed by atoms with Crippen LogP contribution in [0.15, 0.2) is 36.4 Å². The molecule has 0 bridgehead atoms. The van der Waals surface area contributed by atoms with Gasteiger partial charge < -0.3 is 10.1 Å². The summed E-state index contributed by atoms with van der Waals surface area (Å²) in [5.74, 6) is 0.320. The van der Waals surface area contributed by atoms with Gasteiger partial charge in [-0.2, -0.15) is 0 Å². The van der Waals surface area contributed by atoms with Crippen LogP contribution in [0.25, 0.3) is 0 Å². The third-order valence-electron chi connectivity index (χ3n) is 2.88. The van der Waals surface area contributed by atoms with Crippen LogP contribution in [0.2, 0.25) is 10.0 Å². The molecule has 2 rings (SSSR count). The van der Waals surface area contributed by atoms with Gasteiger partial charge in [0.1, 0.15) is 5.75 Å². The van der Waals surface area contributed by atoms with E-state index in [1.807, 2.05) is 26.0 Å². The van der Waals surface area contributed by atoms with E-state index >= 15 is 0 Å². The minimum atomic E-state index is -0.265. The lowest BCUT2D eigenvalue weighted by Crippen LogP contribution is -2.21. The Bertz CT molecular complexity index is 631. The Balaban J connectivity index is 1.97. The summed E-state index contributed by atoms with van der Waals surface area (Å²) in [5.41, 5.74) is 2.58. The first-order chi connectivity index (χ1) is 9.95. The van der Waals surface area contributed by atoms with Crippen LogP contribution in [-0.4, -0.2) is 12.5 Å². The molecule has 110 valence electrons. The molecule has 0 saturated carbocycles. The lowest BCUT2D eigenvalue weighted by atomic mass is 10.1. The molecule has 3 nitrogen and oxygen atoms in total. The van der Waals surface area contributed by atoms with E-state index in [1.165, 1.54) is 0 Å². The third-order valence-corrected chi connectivity index (χ3v) is 3.43. The van der Waals surface area contributed by atoms with Gasteiger partial charge >= 0.3 is 0 Å². The Hall–Kier alpha value is -1.71. The molecule has 0 aliphatic heterocycles. The van der Waals surface area contributed by atoms with E-state index in [1.54, 1.807) is 24.3 Å². The topological polar surface area (TPSA) is 38.3 Å². The zero-order valence-corrected chi connectivity index (χ0v) is 13.3. The number of rotatable bonds is 4. The van der Waals surface area contributed by atoms with Crippen LogP contribution in [0, 0.1) is 13.8 Å². The Morgan fingerprint density at radius 1 is 1.14 bits per heavy atom. The number of hydrogen-bond donors (Lipinski definition) is 1. The van der Waals surface area contributed by atoms with Crippen molar-refractivity contribution in [2.45, 2.75) is 13.8 Å². The predicted molar refractivity (Wildman–Crippen MR) is 86.5 cm³/mol. The maximum Gasteiger partial charge on any atom is 0.262 e. The van der Waals surface area contributed by atoms with Gasteiger partial charge in [-0.1, -0.05) is 29.3 Å². The summed E-state index contributed by atoms with van der Waals surface area (Å²) in [6.45, 7) is 3.76. The van der Waals surface area contributed by atoms with Crippen LogP contribution in [0.4, 0.5) is 5.69 Å². The van der Waals surface area contributed by atoms with Crippen LogP contribution in [0.3, 0.4) is 0 Å². The number of aryl methyl sites for hydroxylation is 2. The first-order valence-electron chi connectivity index (χ1n) is 6.40. The fourth-order valence-electron chi connectivity index (χ4n) is 1.93. The van der Waals surface area contributed by atoms with Gasteiger partial charge in [0.25, 0.3) is 5.91 Å². The van der Waals surface area contributed by atoms with Gasteiger partial charge in [-0.3, -0.25) is 4.79 Å². The highest BCUT2D eigenvalue weighted by atomic mass is 35.5. The number of carbonyl (C=O) groups is 1. The summed E-state index contributed by atoms with van der Waals surface area (Å²) in [7, 11) is 0. The molecule has 0 atom stereocenters. The first-order valence-corrected chi connectivity index (χ1v) is 7.16. The van der Waals surface area contributed by atoms with Gasteiger partial charge in [-0.05, 0) is 55.3 Å². The molecule has 2 aromatic rings. The van der Waals surface area contributed by atoms with Crippen LogP contribution < -0.4 is 10.1 Å². The van der Waals surface area contributed by atoms with Crippen molar-refractivity contribution in [3.05, 3.63) is 57.6 Å². The van der Waals surface area contributed by atoms with Crippen molar-refractivity contribution in [1.29, 1.82) is 0 Å². The van der Waals surface area contributed by atoms with Gasteiger partial charge in [-0.25, -0.2) is 0 Å². The SMILES string of the molecule is Cc1cc(C)c(NC(=O)COc2ccc(Cl)cc2)c(Cl)c1. The highest BCUT2D eigenvalue weighted by molar-refractivity contribution is 6.34. The van der Waals surface area contributed by atoms with Crippen molar-refractivity contribution < 1.29 is 9.53 Å². The molecule has 0 fully saturated rings. The van der Waals surface area contributed by atoms with E-state index < -0.39 is 0 Å². The maximum atomic E-state index is 11.9. The van der Waals surface area contributed by atoms with Gasteiger partial charge in [0.15, 0.2) is 6.61 Å². The molecule has 2 aromatic carbocycles. The second-order valence-corrected chi connectivity index (χ2v) is 5.57. The summed E-state index contributed by atoms with van der Waals surface area (Å²) in [5, 5.41) is 3.91. The molecule has 0 heterocycles. The quantitative estimate of drug-likeness (QED) is 0.890. The normalized spacial score (nSPS) is 10.3. The second-order valence-electron chi connectivity index (χ2n) is 4.73.